The second-order valence-electron chi connectivity index (χ2n) is 6.70. The predicted molar refractivity (Wildman–Crippen MR) is 117 cm³/mol. The molecule has 1 atom stereocenters. The van der Waals surface area contributed by atoms with Crippen LogP contribution in [0.3, 0.4) is 0 Å². The number of carbonyl (C=O) groups excluding carboxylic acids is 1. The Morgan fingerprint density at radius 2 is 2.00 bits per heavy atom. The monoisotopic (exact) mass is 439 g/mol. The minimum Gasteiger partial charge on any atom is -0.465 e. The Morgan fingerprint density at radius 1 is 1.17 bits per heavy atom. The van der Waals surface area contributed by atoms with Crippen molar-refractivity contribution in [2.75, 3.05) is 13.4 Å². The van der Waals surface area contributed by atoms with Crippen LogP contribution >= 0.6 is 11.6 Å². The Bertz CT molecular complexity index is 1290. The van der Waals surface area contributed by atoms with Crippen LogP contribution in [0.15, 0.2) is 66.1 Å². The maximum absolute atomic E-state index is 12.1. The molecule has 152 valence electrons. The number of aromatic nitrogens is 3. The molecule has 30 heavy (non-hydrogen) atoms. The van der Waals surface area contributed by atoms with Crippen molar-refractivity contribution >= 4 is 39.3 Å². The molecule has 2 aromatic carbocycles. The first-order valence-corrected chi connectivity index (χ1v) is 11.0. The molecule has 0 aliphatic rings. The van der Waals surface area contributed by atoms with Gasteiger partial charge in [0.15, 0.2) is 0 Å². The van der Waals surface area contributed by atoms with E-state index in [9.17, 15) is 9.00 Å². The molecule has 0 spiro atoms. The van der Waals surface area contributed by atoms with Gasteiger partial charge in [-0.3, -0.25) is 4.21 Å². The molecule has 0 N–H and O–H groups in total. The topological polar surface area (TPSA) is 74.1 Å². The number of carbonyl (C=O) groups is 1. The lowest BCUT2D eigenvalue weighted by atomic mass is 9.99. The summed E-state index contributed by atoms with van der Waals surface area (Å²) in [6, 6.07) is 15.1. The second-order valence-corrected chi connectivity index (χ2v) is 8.41. The van der Waals surface area contributed by atoms with E-state index in [2.05, 4.69) is 16.0 Å². The Labute approximate surface area is 180 Å². The van der Waals surface area contributed by atoms with E-state index in [0.717, 1.165) is 22.0 Å². The number of rotatable bonds is 5. The quantitative estimate of drug-likeness (QED) is 0.344. The number of benzene rings is 2. The minimum absolute atomic E-state index is 0.295. The van der Waals surface area contributed by atoms with Crippen LogP contribution in [0.4, 0.5) is 0 Å². The predicted octanol–water partition coefficient (Wildman–Crippen LogP) is 4.19. The van der Waals surface area contributed by atoms with Crippen molar-refractivity contribution in [3.8, 4) is 5.82 Å². The summed E-state index contributed by atoms with van der Waals surface area (Å²) < 4.78 is 18.5. The van der Waals surface area contributed by atoms with Gasteiger partial charge in [-0.15, -0.1) is 0 Å². The second kappa shape index (κ2) is 8.38. The van der Waals surface area contributed by atoms with E-state index in [1.54, 1.807) is 30.7 Å². The normalized spacial score (nSPS) is 12.1. The Balaban J connectivity index is 1.69. The van der Waals surface area contributed by atoms with Gasteiger partial charge in [0.1, 0.15) is 5.82 Å². The number of ether oxygens (including phenoxy) is 1. The molecule has 0 aliphatic heterocycles. The molecule has 0 radical (unpaired) electrons. The average Bonchev–Trinajstić information content (AvgIpc) is 3.17. The Kier molecular flexibility index (Phi) is 5.65. The molecule has 0 aliphatic carbocycles. The molecule has 0 saturated carbocycles. The van der Waals surface area contributed by atoms with E-state index < -0.39 is 16.8 Å². The molecule has 2 heterocycles. The summed E-state index contributed by atoms with van der Waals surface area (Å²) in [6.07, 6.45) is 5.64. The van der Waals surface area contributed by atoms with Gasteiger partial charge >= 0.3 is 5.97 Å². The summed E-state index contributed by atoms with van der Waals surface area (Å²) in [5, 5.41) is 1.81. The van der Waals surface area contributed by atoms with Crippen LogP contribution in [-0.4, -0.2) is 38.1 Å². The third kappa shape index (κ3) is 3.99. The smallest absolute Gasteiger partial charge is 0.338 e. The minimum atomic E-state index is -1.25. The van der Waals surface area contributed by atoms with E-state index in [4.69, 9.17) is 16.3 Å². The van der Waals surface area contributed by atoms with Gasteiger partial charge in [-0.25, -0.2) is 14.8 Å². The van der Waals surface area contributed by atoms with Gasteiger partial charge in [-0.2, -0.15) is 0 Å². The van der Waals surface area contributed by atoms with Crippen LogP contribution in [0, 0.1) is 0 Å². The van der Waals surface area contributed by atoms with Gasteiger partial charge in [0.2, 0.25) is 5.16 Å². The summed E-state index contributed by atoms with van der Waals surface area (Å²) in [5.74, 6) is 0.247. The third-order valence-corrected chi connectivity index (χ3v) is 5.70. The zero-order chi connectivity index (χ0) is 21.3. The molecular formula is C22H18ClN3O3S. The van der Waals surface area contributed by atoms with E-state index in [0.29, 0.717) is 28.0 Å². The van der Waals surface area contributed by atoms with Gasteiger partial charge < -0.3 is 9.30 Å². The van der Waals surface area contributed by atoms with Crippen LogP contribution in [0.5, 0.6) is 0 Å². The zero-order valence-electron chi connectivity index (χ0n) is 16.3. The summed E-state index contributed by atoms with van der Waals surface area (Å²) in [5.41, 5.74) is 3.32. The fourth-order valence-electron chi connectivity index (χ4n) is 3.33. The van der Waals surface area contributed by atoms with Crippen molar-refractivity contribution < 1.29 is 13.7 Å². The Hall–Kier alpha value is -3.03. The van der Waals surface area contributed by atoms with Gasteiger partial charge in [0.25, 0.3) is 0 Å². The van der Waals surface area contributed by atoms with E-state index in [-0.39, 0.29) is 0 Å². The molecule has 0 saturated heterocycles. The lowest BCUT2D eigenvalue weighted by Crippen LogP contribution is -2.06. The highest BCUT2D eigenvalue weighted by atomic mass is 35.5. The largest absolute Gasteiger partial charge is 0.465 e. The first-order valence-electron chi connectivity index (χ1n) is 9.10. The van der Waals surface area contributed by atoms with Crippen LogP contribution < -0.4 is 0 Å². The summed E-state index contributed by atoms with van der Waals surface area (Å²) >= 11 is 6.05. The first-order chi connectivity index (χ1) is 14.5. The fourth-order valence-corrected chi connectivity index (χ4v) is 3.93. The van der Waals surface area contributed by atoms with Crippen LogP contribution in [0.25, 0.3) is 16.7 Å². The molecule has 0 bridgehead atoms. The van der Waals surface area contributed by atoms with Crippen molar-refractivity contribution in [3.63, 3.8) is 0 Å². The lowest BCUT2D eigenvalue weighted by Gasteiger charge is -2.10. The molecule has 0 fully saturated rings. The summed E-state index contributed by atoms with van der Waals surface area (Å²) in [7, 11) is 0.103. The lowest BCUT2D eigenvalue weighted by molar-refractivity contribution is 0.0599. The molecule has 1 unspecified atom stereocenters. The van der Waals surface area contributed by atoms with E-state index in [1.165, 1.54) is 7.11 Å². The number of nitrogens with zero attached hydrogens (tertiary/aromatic N) is 3. The van der Waals surface area contributed by atoms with Gasteiger partial charge in [-0.05, 0) is 53.9 Å². The van der Waals surface area contributed by atoms with Crippen molar-refractivity contribution in [3.05, 3.63) is 82.6 Å². The number of hydrogen-bond donors (Lipinski definition) is 0. The highest BCUT2D eigenvalue weighted by Gasteiger charge is 2.14. The fraction of sp³-hybridized carbons (Fsp3) is 0.136. The van der Waals surface area contributed by atoms with Crippen molar-refractivity contribution in [2.45, 2.75) is 11.6 Å². The average molecular weight is 440 g/mol. The molecule has 4 aromatic rings. The zero-order valence-corrected chi connectivity index (χ0v) is 17.9. The number of halogens is 1. The third-order valence-electron chi connectivity index (χ3n) is 4.75. The van der Waals surface area contributed by atoms with Crippen LogP contribution in [-0.2, 0) is 22.0 Å². The number of fused-ring (bicyclic) bond motifs is 1. The van der Waals surface area contributed by atoms with Crippen LogP contribution in [0.1, 0.15) is 21.5 Å². The number of methoxy groups -OCH3 is 1. The Morgan fingerprint density at radius 3 is 2.77 bits per heavy atom. The van der Waals surface area contributed by atoms with Crippen molar-refractivity contribution in [1.82, 2.24) is 14.5 Å². The number of esters is 1. The van der Waals surface area contributed by atoms with Gasteiger partial charge in [0, 0.05) is 29.1 Å². The molecule has 8 heteroatoms. The molecular weight excluding hydrogens is 422 g/mol. The SMILES string of the molecule is COC(=O)c1cc(Cl)ccc1Cc1ccc2c(ccn2-c2ccnc(S(C)=O)n2)c1. The van der Waals surface area contributed by atoms with Crippen LogP contribution in [0.2, 0.25) is 5.02 Å². The van der Waals surface area contributed by atoms with E-state index >= 15 is 0 Å². The molecule has 4 rings (SSSR count). The summed E-state index contributed by atoms with van der Waals surface area (Å²) in [6.45, 7) is 0. The van der Waals surface area contributed by atoms with Gasteiger partial charge in [0.05, 0.1) is 29.0 Å². The highest BCUT2D eigenvalue weighted by molar-refractivity contribution is 7.84. The molecule has 2 aromatic heterocycles. The number of hydrogen-bond acceptors (Lipinski definition) is 5. The molecule has 0 amide bonds. The summed E-state index contributed by atoms with van der Waals surface area (Å²) in [4.78, 5) is 20.6. The van der Waals surface area contributed by atoms with Gasteiger partial charge in [-0.1, -0.05) is 23.7 Å². The van der Waals surface area contributed by atoms with Crippen molar-refractivity contribution in [2.24, 2.45) is 0 Å². The molecule has 6 nitrogen and oxygen atoms in total. The maximum Gasteiger partial charge on any atom is 0.338 e. The van der Waals surface area contributed by atoms with Crippen molar-refractivity contribution in [1.29, 1.82) is 0 Å². The highest BCUT2D eigenvalue weighted by Crippen LogP contribution is 2.24. The maximum atomic E-state index is 12.1. The standard InChI is InChI=1S/C22H18ClN3O3S/c1-29-21(27)18-13-17(23)5-4-15(18)11-14-3-6-19-16(12-14)8-10-26(19)20-7-9-24-22(25-20)30(2)28/h3-10,12-13H,11H2,1-2H3. The first kappa shape index (κ1) is 20.3. The van der Waals surface area contributed by atoms with E-state index in [1.807, 2.05) is 35.0 Å².